The average molecular weight is 178 g/mol. The Kier molecular flexibility index (Phi) is 2.70. The van der Waals surface area contributed by atoms with Gasteiger partial charge in [-0.25, -0.2) is 0 Å². The molecule has 1 aromatic rings. The first kappa shape index (κ1) is 9.33. The van der Waals surface area contributed by atoms with Crippen LogP contribution in [-0.4, -0.2) is 11.6 Å². The quantitative estimate of drug-likeness (QED) is 0.733. The molecule has 0 amide bonds. The van der Waals surface area contributed by atoms with Gasteiger partial charge in [-0.05, 0) is 19.4 Å². The van der Waals surface area contributed by atoms with Crippen LogP contribution in [0.25, 0.3) is 0 Å². The van der Waals surface area contributed by atoms with Crippen molar-refractivity contribution in [2.24, 2.45) is 0 Å². The number of rotatable bonds is 2. The standard InChI is InChI=1S/C9H10N2O2/c1-3-13-9-7(5-10)6(2)4-8(12)11-9/h4H,3H2,1-2H3,(H,11,12). The van der Waals surface area contributed by atoms with Crippen molar-refractivity contribution in [2.75, 3.05) is 6.61 Å². The fourth-order valence-corrected chi connectivity index (χ4v) is 1.05. The van der Waals surface area contributed by atoms with Crippen LogP contribution in [0, 0.1) is 18.3 Å². The highest BCUT2D eigenvalue weighted by Gasteiger charge is 2.07. The molecular formula is C9H10N2O2. The lowest BCUT2D eigenvalue weighted by Crippen LogP contribution is -2.10. The summed E-state index contributed by atoms with van der Waals surface area (Å²) < 4.78 is 5.11. The van der Waals surface area contributed by atoms with Gasteiger partial charge in [0.1, 0.15) is 11.6 Å². The van der Waals surface area contributed by atoms with Crippen LogP contribution in [0.4, 0.5) is 0 Å². The van der Waals surface area contributed by atoms with E-state index in [-0.39, 0.29) is 11.4 Å². The minimum absolute atomic E-state index is 0.250. The summed E-state index contributed by atoms with van der Waals surface area (Å²) in [6, 6.07) is 3.36. The summed E-state index contributed by atoms with van der Waals surface area (Å²) in [7, 11) is 0. The summed E-state index contributed by atoms with van der Waals surface area (Å²) in [6.45, 7) is 3.92. The number of aromatic amines is 1. The van der Waals surface area contributed by atoms with Crippen LogP contribution in [0.2, 0.25) is 0 Å². The summed E-state index contributed by atoms with van der Waals surface area (Å²) in [6.07, 6.45) is 0. The molecular weight excluding hydrogens is 168 g/mol. The molecule has 4 heteroatoms. The van der Waals surface area contributed by atoms with E-state index < -0.39 is 0 Å². The first-order chi connectivity index (χ1) is 6.19. The van der Waals surface area contributed by atoms with Gasteiger partial charge in [0.05, 0.1) is 6.61 Å². The zero-order chi connectivity index (χ0) is 9.84. The van der Waals surface area contributed by atoms with Crippen LogP contribution >= 0.6 is 0 Å². The summed E-state index contributed by atoms with van der Waals surface area (Å²) in [4.78, 5) is 13.5. The monoisotopic (exact) mass is 178 g/mol. The Bertz CT molecular complexity index is 401. The van der Waals surface area contributed by atoms with Crippen LogP contribution in [0.5, 0.6) is 5.88 Å². The molecule has 0 aliphatic rings. The first-order valence-corrected chi connectivity index (χ1v) is 3.95. The van der Waals surface area contributed by atoms with Crippen molar-refractivity contribution < 1.29 is 4.74 Å². The molecule has 1 rings (SSSR count). The van der Waals surface area contributed by atoms with Crippen molar-refractivity contribution in [3.8, 4) is 11.9 Å². The van der Waals surface area contributed by atoms with E-state index in [0.717, 1.165) is 0 Å². The zero-order valence-corrected chi connectivity index (χ0v) is 7.55. The molecule has 0 saturated heterocycles. The maximum absolute atomic E-state index is 11.0. The lowest BCUT2D eigenvalue weighted by atomic mass is 10.2. The van der Waals surface area contributed by atoms with Gasteiger partial charge < -0.3 is 4.74 Å². The topological polar surface area (TPSA) is 65.9 Å². The number of nitrogens with zero attached hydrogens (tertiary/aromatic N) is 1. The number of hydrogen-bond acceptors (Lipinski definition) is 3. The van der Waals surface area contributed by atoms with Gasteiger partial charge in [-0.15, -0.1) is 0 Å². The molecule has 0 aliphatic carbocycles. The Labute approximate surface area is 75.8 Å². The molecule has 0 radical (unpaired) electrons. The summed E-state index contributed by atoms with van der Waals surface area (Å²) in [5, 5.41) is 8.76. The van der Waals surface area contributed by atoms with E-state index in [2.05, 4.69) is 4.98 Å². The second kappa shape index (κ2) is 3.76. The Balaban J connectivity index is 3.31. The van der Waals surface area contributed by atoms with Crippen molar-refractivity contribution in [1.29, 1.82) is 5.26 Å². The van der Waals surface area contributed by atoms with E-state index in [9.17, 15) is 4.79 Å². The van der Waals surface area contributed by atoms with Crippen molar-refractivity contribution in [3.05, 3.63) is 27.5 Å². The molecule has 13 heavy (non-hydrogen) atoms. The Hall–Kier alpha value is -1.76. The third kappa shape index (κ3) is 1.88. The van der Waals surface area contributed by atoms with Gasteiger partial charge in [0.25, 0.3) is 5.56 Å². The number of nitrogens with one attached hydrogen (secondary N) is 1. The first-order valence-electron chi connectivity index (χ1n) is 3.95. The molecule has 0 spiro atoms. The van der Waals surface area contributed by atoms with E-state index in [4.69, 9.17) is 10.00 Å². The number of aromatic nitrogens is 1. The number of pyridine rings is 1. The molecule has 4 nitrogen and oxygen atoms in total. The van der Waals surface area contributed by atoms with Crippen LogP contribution < -0.4 is 10.3 Å². The maximum Gasteiger partial charge on any atom is 0.251 e. The highest BCUT2D eigenvalue weighted by molar-refractivity contribution is 5.43. The largest absolute Gasteiger partial charge is 0.478 e. The maximum atomic E-state index is 11.0. The smallest absolute Gasteiger partial charge is 0.251 e. The summed E-state index contributed by atoms with van der Waals surface area (Å²) in [5.74, 6) is 0.259. The molecule has 0 fully saturated rings. The molecule has 0 unspecified atom stereocenters. The minimum Gasteiger partial charge on any atom is -0.478 e. The SMILES string of the molecule is CCOc1[nH]c(=O)cc(C)c1C#N. The van der Waals surface area contributed by atoms with Gasteiger partial charge >= 0.3 is 0 Å². The Morgan fingerprint density at radius 2 is 2.38 bits per heavy atom. The van der Waals surface area contributed by atoms with Gasteiger partial charge in [0.15, 0.2) is 0 Å². The lowest BCUT2D eigenvalue weighted by Gasteiger charge is -2.05. The highest BCUT2D eigenvalue weighted by Crippen LogP contribution is 2.15. The van der Waals surface area contributed by atoms with Crippen LogP contribution in [0.3, 0.4) is 0 Å². The number of H-pyrrole nitrogens is 1. The predicted molar refractivity (Wildman–Crippen MR) is 47.7 cm³/mol. The number of ether oxygens (including phenoxy) is 1. The van der Waals surface area contributed by atoms with E-state index in [1.807, 2.05) is 6.07 Å². The molecule has 0 saturated carbocycles. The molecule has 68 valence electrons. The zero-order valence-electron chi connectivity index (χ0n) is 7.55. The summed E-state index contributed by atoms with van der Waals surface area (Å²) in [5.41, 5.74) is 0.774. The number of hydrogen-bond donors (Lipinski definition) is 1. The number of aryl methyl sites for hydroxylation is 1. The molecule has 0 atom stereocenters. The third-order valence-electron chi connectivity index (χ3n) is 1.61. The third-order valence-corrected chi connectivity index (χ3v) is 1.61. The van der Waals surface area contributed by atoms with Crippen molar-refractivity contribution >= 4 is 0 Å². The van der Waals surface area contributed by atoms with Gasteiger partial charge in [0.2, 0.25) is 5.88 Å². The van der Waals surface area contributed by atoms with E-state index in [0.29, 0.717) is 17.7 Å². The van der Waals surface area contributed by atoms with Crippen LogP contribution in [-0.2, 0) is 0 Å². The molecule has 0 aliphatic heterocycles. The van der Waals surface area contributed by atoms with Crippen molar-refractivity contribution in [2.45, 2.75) is 13.8 Å². The van der Waals surface area contributed by atoms with E-state index >= 15 is 0 Å². The molecule has 0 bridgehead atoms. The fraction of sp³-hybridized carbons (Fsp3) is 0.333. The van der Waals surface area contributed by atoms with Crippen molar-refractivity contribution in [1.82, 2.24) is 4.98 Å². The lowest BCUT2D eigenvalue weighted by molar-refractivity contribution is 0.324. The second-order valence-electron chi connectivity index (χ2n) is 2.57. The molecule has 0 aromatic carbocycles. The second-order valence-corrected chi connectivity index (χ2v) is 2.57. The minimum atomic E-state index is -0.250. The van der Waals surface area contributed by atoms with E-state index in [1.165, 1.54) is 6.07 Å². The van der Waals surface area contributed by atoms with Crippen LogP contribution in [0.15, 0.2) is 10.9 Å². The Morgan fingerprint density at radius 1 is 1.69 bits per heavy atom. The van der Waals surface area contributed by atoms with Crippen LogP contribution in [0.1, 0.15) is 18.1 Å². The van der Waals surface area contributed by atoms with Gasteiger partial charge in [0, 0.05) is 6.07 Å². The summed E-state index contributed by atoms with van der Waals surface area (Å²) >= 11 is 0. The fourth-order valence-electron chi connectivity index (χ4n) is 1.05. The van der Waals surface area contributed by atoms with Crippen molar-refractivity contribution in [3.63, 3.8) is 0 Å². The molecule has 1 aromatic heterocycles. The van der Waals surface area contributed by atoms with Gasteiger partial charge in [-0.3, -0.25) is 9.78 Å². The van der Waals surface area contributed by atoms with Gasteiger partial charge in [-0.2, -0.15) is 5.26 Å². The average Bonchev–Trinajstić information content (AvgIpc) is 2.04. The highest BCUT2D eigenvalue weighted by atomic mass is 16.5. The normalized spacial score (nSPS) is 9.31. The number of nitriles is 1. The van der Waals surface area contributed by atoms with Gasteiger partial charge in [-0.1, -0.05) is 0 Å². The van der Waals surface area contributed by atoms with E-state index in [1.54, 1.807) is 13.8 Å². The molecule has 1 heterocycles. The molecule has 1 N–H and O–H groups in total. The predicted octanol–water partition coefficient (Wildman–Crippen LogP) is 0.954. The Morgan fingerprint density at radius 3 is 2.92 bits per heavy atom.